The molecule has 0 N–H and O–H groups in total. The maximum atomic E-state index is 13.1. The van der Waals surface area contributed by atoms with Crippen molar-refractivity contribution in [3.05, 3.63) is 71.0 Å². The molecule has 29 heavy (non-hydrogen) atoms. The molecule has 2 aromatic rings. The molecule has 0 aromatic heterocycles. The van der Waals surface area contributed by atoms with Crippen molar-refractivity contribution in [2.45, 2.75) is 33.4 Å². The molecular weight excluding hydrogens is 367 g/mol. The summed E-state index contributed by atoms with van der Waals surface area (Å²) in [7, 11) is 0. The lowest BCUT2D eigenvalue weighted by atomic mass is 10.1. The molecule has 1 saturated heterocycles. The third-order valence-corrected chi connectivity index (χ3v) is 5.14. The van der Waals surface area contributed by atoms with Crippen LogP contribution >= 0.6 is 0 Å². The van der Waals surface area contributed by atoms with E-state index in [9.17, 15) is 9.18 Å². The number of hydrogen-bond donors (Lipinski definition) is 0. The van der Waals surface area contributed by atoms with Crippen LogP contribution in [0.25, 0.3) is 0 Å². The summed E-state index contributed by atoms with van der Waals surface area (Å²) in [5.41, 5.74) is 2.95. The molecule has 1 heterocycles. The van der Waals surface area contributed by atoms with Gasteiger partial charge in [0.05, 0.1) is 12.7 Å². The van der Waals surface area contributed by atoms with Gasteiger partial charge in [-0.3, -0.25) is 9.69 Å². The molecule has 2 aromatic carbocycles. The summed E-state index contributed by atoms with van der Waals surface area (Å²) < 4.78 is 19.1. The summed E-state index contributed by atoms with van der Waals surface area (Å²) >= 11 is 0. The van der Waals surface area contributed by atoms with Gasteiger partial charge in [0.2, 0.25) is 0 Å². The Kier molecular flexibility index (Phi) is 7.40. The first-order valence-corrected chi connectivity index (χ1v) is 10.3. The van der Waals surface area contributed by atoms with Gasteiger partial charge < -0.3 is 9.64 Å². The molecule has 1 fully saturated rings. The first kappa shape index (κ1) is 21.5. The minimum atomic E-state index is -0.215. The number of ether oxygens (including phenoxy) is 1. The lowest BCUT2D eigenvalue weighted by Crippen LogP contribution is -2.49. The SMILES string of the molecule is Cc1ccc(C(=O)N(CC(C)C)CC2CN(Cc3ccc(F)cc3)CCO2)cc1. The number of nitrogens with zero attached hydrogens (tertiary/aromatic N) is 2. The van der Waals surface area contributed by atoms with Gasteiger partial charge in [0.15, 0.2) is 0 Å². The van der Waals surface area contributed by atoms with Crippen LogP contribution in [0.2, 0.25) is 0 Å². The first-order valence-electron chi connectivity index (χ1n) is 10.3. The zero-order chi connectivity index (χ0) is 20.8. The number of rotatable bonds is 7. The Morgan fingerprint density at radius 1 is 1.17 bits per heavy atom. The van der Waals surface area contributed by atoms with Crippen molar-refractivity contribution in [3.8, 4) is 0 Å². The van der Waals surface area contributed by atoms with Crippen LogP contribution in [-0.4, -0.2) is 54.6 Å². The second-order valence-corrected chi connectivity index (χ2v) is 8.32. The summed E-state index contributed by atoms with van der Waals surface area (Å²) in [6, 6.07) is 14.4. The van der Waals surface area contributed by atoms with Gasteiger partial charge in [-0.25, -0.2) is 4.39 Å². The van der Waals surface area contributed by atoms with E-state index in [4.69, 9.17) is 4.74 Å². The van der Waals surface area contributed by atoms with Crippen LogP contribution in [-0.2, 0) is 11.3 Å². The lowest BCUT2D eigenvalue weighted by Gasteiger charge is -2.36. The normalized spacial score (nSPS) is 17.5. The number of benzene rings is 2. The van der Waals surface area contributed by atoms with Crippen LogP contribution < -0.4 is 0 Å². The number of morpholine rings is 1. The predicted octanol–water partition coefficient (Wildman–Crippen LogP) is 4.13. The molecule has 1 unspecified atom stereocenters. The molecule has 1 aliphatic heterocycles. The maximum Gasteiger partial charge on any atom is 0.253 e. The molecule has 1 aliphatic rings. The molecule has 0 aliphatic carbocycles. The second kappa shape index (κ2) is 9.99. The van der Waals surface area contributed by atoms with E-state index in [0.29, 0.717) is 25.6 Å². The van der Waals surface area contributed by atoms with Crippen molar-refractivity contribution < 1.29 is 13.9 Å². The van der Waals surface area contributed by atoms with Gasteiger partial charge in [-0.2, -0.15) is 0 Å². The molecule has 0 saturated carbocycles. The largest absolute Gasteiger partial charge is 0.374 e. The molecular formula is C24H31FN2O2. The van der Waals surface area contributed by atoms with Crippen LogP contribution in [0.5, 0.6) is 0 Å². The van der Waals surface area contributed by atoms with Crippen LogP contribution in [0, 0.1) is 18.7 Å². The van der Waals surface area contributed by atoms with Crippen molar-refractivity contribution >= 4 is 5.91 Å². The first-order chi connectivity index (χ1) is 13.9. The number of carbonyl (C=O) groups excluding carboxylic acids is 1. The van der Waals surface area contributed by atoms with Crippen LogP contribution in [0.3, 0.4) is 0 Å². The fraction of sp³-hybridized carbons (Fsp3) is 0.458. The minimum absolute atomic E-state index is 0.0302. The number of aryl methyl sites for hydroxylation is 1. The van der Waals surface area contributed by atoms with Crippen molar-refractivity contribution in [3.63, 3.8) is 0 Å². The monoisotopic (exact) mass is 398 g/mol. The minimum Gasteiger partial charge on any atom is -0.374 e. The van der Waals surface area contributed by atoms with Gasteiger partial charge in [0, 0.05) is 38.3 Å². The van der Waals surface area contributed by atoms with E-state index in [1.165, 1.54) is 12.1 Å². The molecule has 5 heteroatoms. The molecule has 3 rings (SSSR count). The summed E-state index contributed by atoms with van der Waals surface area (Å²) in [6.07, 6.45) is -0.0302. The van der Waals surface area contributed by atoms with Gasteiger partial charge in [0.25, 0.3) is 5.91 Å². The number of halogens is 1. The van der Waals surface area contributed by atoms with E-state index < -0.39 is 0 Å². The van der Waals surface area contributed by atoms with E-state index in [1.54, 1.807) is 0 Å². The highest BCUT2D eigenvalue weighted by Gasteiger charge is 2.26. The number of hydrogen-bond acceptors (Lipinski definition) is 3. The van der Waals surface area contributed by atoms with Crippen LogP contribution in [0.15, 0.2) is 48.5 Å². The average molecular weight is 399 g/mol. The Morgan fingerprint density at radius 2 is 1.86 bits per heavy atom. The Balaban J connectivity index is 1.64. The maximum absolute atomic E-state index is 13.1. The topological polar surface area (TPSA) is 32.8 Å². The van der Waals surface area contributed by atoms with Gasteiger partial charge in [-0.1, -0.05) is 43.7 Å². The summed E-state index contributed by atoms with van der Waals surface area (Å²) in [5, 5.41) is 0. The fourth-order valence-electron chi connectivity index (χ4n) is 3.69. The van der Waals surface area contributed by atoms with E-state index in [2.05, 4.69) is 18.7 Å². The highest BCUT2D eigenvalue weighted by molar-refractivity contribution is 5.94. The molecule has 1 atom stereocenters. The summed E-state index contributed by atoms with van der Waals surface area (Å²) in [5.74, 6) is 0.216. The average Bonchev–Trinajstić information content (AvgIpc) is 2.69. The predicted molar refractivity (Wildman–Crippen MR) is 113 cm³/mol. The Labute approximate surface area is 173 Å². The highest BCUT2D eigenvalue weighted by Crippen LogP contribution is 2.15. The van der Waals surface area contributed by atoms with Gasteiger partial charge in [-0.15, -0.1) is 0 Å². The van der Waals surface area contributed by atoms with Crippen molar-refractivity contribution in [2.24, 2.45) is 5.92 Å². The second-order valence-electron chi connectivity index (χ2n) is 8.32. The Hall–Kier alpha value is -2.24. The molecule has 4 nitrogen and oxygen atoms in total. The van der Waals surface area contributed by atoms with Gasteiger partial charge in [0.1, 0.15) is 5.82 Å². The quantitative estimate of drug-likeness (QED) is 0.703. The number of carbonyl (C=O) groups is 1. The standard InChI is InChI=1S/C24H31FN2O2/c1-18(2)14-27(24(28)21-8-4-19(3)5-9-21)17-23-16-26(12-13-29-23)15-20-6-10-22(25)11-7-20/h4-11,18,23H,12-17H2,1-3H3. The van der Waals surface area contributed by atoms with E-state index in [-0.39, 0.29) is 17.8 Å². The lowest BCUT2D eigenvalue weighted by molar-refractivity contribution is -0.0438. The van der Waals surface area contributed by atoms with Crippen molar-refractivity contribution in [1.29, 1.82) is 0 Å². The third kappa shape index (κ3) is 6.38. The highest BCUT2D eigenvalue weighted by atomic mass is 19.1. The third-order valence-electron chi connectivity index (χ3n) is 5.14. The van der Waals surface area contributed by atoms with Gasteiger partial charge in [-0.05, 0) is 42.7 Å². The zero-order valence-corrected chi connectivity index (χ0v) is 17.6. The summed E-state index contributed by atoms with van der Waals surface area (Å²) in [4.78, 5) is 17.3. The van der Waals surface area contributed by atoms with E-state index >= 15 is 0 Å². The van der Waals surface area contributed by atoms with E-state index in [0.717, 1.165) is 36.3 Å². The smallest absolute Gasteiger partial charge is 0.253 e. The van der Waals surface area contributed by atoms with Crippen LogP contribution in [0.4, 0.5) is 4.39 Å². The molecule has 0 bridgehead atoms. The molecule has 0 radical (unpaired) electrons. The van der Waals surface area contributed by atoms with E-state index in [1.807, 2.05) is 48.2 Å². The van der Waals surface area contributed by atoms with Crippen molar-refractivity contribution in [1.82, 2.24) is 9.80 Å². The van der Waals surface area contributed by atoms with Crippen molar-refractivity contribution in [2.75, 3.05) is 32.8 Å². The Morgan fingerprint density at radius 3 is 2.52 bits per heavy atom. The summed E-state index contributed by atoms with van der Waals surface area (Å²) in [6.45, 7) is 10.5. The molecule has 0 spiro atoms. The fourth-order valence-corrected chi connectivity index (χ4v) is 3.69. The van der Waals surface area contributed by atoms with Gasteiger partial charge >= 0.3 is 0 Å². The Bertz CT molecular complexity index is 790. The molecule has 1 amide bonds. The van der Waals surface area contributed by atoms with Crippen LogP contribution in [0.1, 0.15) is 35.3 Å². The zero-order valence-electron chi connectivity index (χ0n) is 17.6. The number of amides is 1. The molecule has 156 valence electrons.